The van der Waals surface area contributed by atoms with Gasteiger partial charge < -0.3 is 10.2 Å². The third-order valence-electron chi connectivity index (χ3n) is 4.34. The normalized spacial score (nSPS) is 10.7. The summed E-state index contributed by atoms with van der Waals surface area (Å²) in [6.45, 7) is 3.99. The van der Waals surface area contributed by atoms with Crippen LogP contribution >= 0.6 is 0 Å². The fraction of sp³-hybridized carbons (Fsp3) is 0.250. The molecule has 0 atom stereocenters. The molecule has 0 saturated carbocycles. The van der Waals surface area contributed by atoms with Crippen LogP contribution in [0.5, 0.6) is 0 Å². The zero-order chi connectivity index (χ0) is 20.3. The van der Waals surface area contributed by atoms with E-state index in [1.54, 1.807) is 54.2 Å². The number of likely N-dealkylation sites (N-methyl/N-ethyl adjacent to an activating group) is 1. The van der Waals surface area contributed by atoms with E-state index in [0.29, 0.717) is 28.9 Å². The second-order valence-electron chi connectivity index (χ2n) is 6.46. The van der Waals surface area contributed by atoms with Crippen LogP contribution in [0.2, 0.25) is 0 Å². The summed E-state index contributed by atoms with van der Waals surface area (Å²) in [6.07, 6.45) is 0. The van der Waals surface area contributed by atoms with E-state index in [0.717, 1.165) is 5.52 Å². The molecule has 0 fully saturated rings. The lowest BCUT2D eigenvalue weighted by atomic mass is 10.1. The van der Waals surface area contributed by atoms with Crippen molar-refractivity contribution in [2.75, 3.05) is 18.9 Å². The van der Waals surface area contributed by atoms with Gasteiger partial charge in [0.25, 0.3) is 5.91 Å². The largest absolute Gasteiger partial charge is 0.332 e. The molecule has 0 saturated heterocycles. The Bertz CT molecular complexity index is 1060. The maximum absolute atomic E-state index is 12.6. The van der Waals surface area contributed by atoms with E-state index >= 15 is 0 Å². The fourth-order valence-electron chi connectivity index (χ4n) is 2.86. The number of hydrogen-bond donors (Lipinski definition) is 1. The van der Waals surface area contributed by atoms with Crippen LogP contribution in [0.15, 0.2) is 42.5 Å². The summed E-state index contributed by atoms with van der Waals surface area (Å²) in [5.41, 5.74) is 2.94. The average Bonchev–Trinajstić information content (AvgIpc) is 3.09. The number of fused-ring (bicyclic) bond motifs is 1. The van der Waals surface area contributed by atoms with Crippen molar-refractivity contribution in [1.82, 2.24) is 19.9 Å². The molecule has 0 aliphatic rings. The van der Waals surface area contributed by atoms with Gasteiger partial charge in [0.05, 0.1) is 12.1 Å². The van der Waals surface area contributed by atoms with Crippen molar-refractivity contribution in [2.24, 2.45) is 0 Å². The Labute approximate surface area is 162 Å². The Morgan fingerprint density at radius 2 is 1.89 bits per heavy atom. The Balaban J connectivity index is 1.67. The summed E-state index contributed by atoms with van der Waals surface area (Å²) in [6, 6.07) is 11.8. The smallest absolute Gasteiger partial charge is 0.254 e. The molecule has 28 heavy (non-hydrogen) atoms. The van der Waals surface area contributed by atoms with E-state index < -0.39 is 0 Å². The lowest BCUT2D eigenvalue weighted by Crippen LogP contribution is -2.34. The Morgan fingerprint density at radius 1 is 1.11 bits per heavy atom. The summed E-state index contributed by atoms with van der Waals surface area (Å²) in [5, 5.41) is 10.8. The van der Waals surface area contributed by atoms with Crippen molar-refractivity contribution >= 4 is 34.3 Å². The molecule has 8 nitrogen and oxygen atoms in total. The second-order valence-corrected chi connectivity index (χ2v) is 6.46. The van der Waals surface area contributed by atoms with Gasteiger partial charge in [-0.3, -0.25) is 14.4 Å². The highest BCUT2D eigenvalue weighted by Gasteiger charge is 2.17. The molecule has 0 unspecified atom stereocenters. The van der Waals surface area contributed by atoms with Crippen molar-refractivity contribution < 1.29 is 14.4 Å². The van der Waals surface area contributed by atoms with Crippen LogP contribution in [0.4, 0.5) is 5.69 Å². The Morgan fingerprint density at radius 3 is 2.61 bits per heavy atom. The fourth-order valence-corrected chi connectivity index (χ4v) is 2.86. The maximum Gasteiger partial charge on any atom is 0.254 e. The van der Waals surface area contributed by atoms with Gasteiger partial charge in [0.1, 0.15) is 5.52 Å². The first kappa shape index (κ1) is 19.2. The molecule has 8 heteroatoms. The minimum atomic E-state index is -0.352. The topological polar surface area (TPSA) is 97.2 Å². The first-order valence-corrected chi connectivity index (χ1v) is 8.88. The molecule has 1 aromatic heterocycles. The number of rotatable bonds is 6. The lowest BCUT2D eigenvalue weighted by Gasteiger charge is -2.17. The number of benzene rings is 2. The van der Waals surface area contributed by atoms with Crippen LogP contribution in [-0.2, 0) is 11.3 Å². The molecular weight excluding hydrogens is 358 g/mol. The SMILES string of the molecule is CCn1nnc2cc(C(=O)N(C)CC(=O)Nc3cccc(C(C)=O)c3)ccc21. The third-order valence-corrected chi connectivity index (χ3v) is 4.34. The highest BCUT2D eigenvalue weighted by atomic mass is 16.2. The number of aromatic nitrogens is 3. The van der Waals surface area contributed by atoms with Crippen LogP contribution in [0.1, 0.15) is 34.6 Å². The van der Waals surface area contributed by atoms with Gasteiger partial charge in [-0.15, -0.1) is 5.10 Å². The molecule has 0 radical (unpaired) electrons. The molecule has 1 heterocycles. The van der Waals surface area contributed by atoms with Crippen molar-refractivity contribution in [3.05, 3.63) is 53.6 Å². The number of aryl methyl sites for hydroxylation is 1. The van der Waals surface area contributed by atoms with Gasteiger partial charge in [-0.25, -0.2) is 4.68 Å². The average molecular weight is 379 g/mol. The number of carbonyl (C=O) groups is 3. The standard InChI is InChI=1S/C20H21N5O3/c1-4-25-18-9-8-15(11-17(18)22-23-25)20(28)24(3)12-19(27)21-16-7-5-6-14(10-16)13(2)26/h5-11H,4,12H2,1-3H3,(H,21,27). The first-order chi connectivity index (χ1) is 13.4. The zero-order valence-corrected chi connectivity index (χ0v) is 16.0. The van der Waals surface area contributed by atoms with E-state index in [2.05, 4.69) is 15.6 Å². The molecule has 2 amide bonds. The zero-order valence-electron chi connectivity index (χ0n) is 16.0. The van der Waals surface area contributed by atoms with E-state index in [-0.39, 0.29) is 24.1 Å². The van der Waals surface area contributed by atoms with Crippen LogP contribution in [0.3, 0.4) is 0 Å². The highest BCUT2D eigenvalue weighted by Crippen LogP contribution is 2.15. The van der Waals surface area contributed by atoms with Crippen molar-refractivity contribution in [2.45, 2.75) is 20.4 Å². The van der Waals surface area contributed by atoms with Gasteiger partial charge in [0, 0.05) is 30.4 Å². The summed E-state index contributed by atoms with van der Waals surface area (Å²) in [7, 11) is 1.56. The predicted octanol–water partition coefficient (Wildman–Crippen LogP) is 2.36. The summed E-state index contributed by atoms with van der Waals surface area (Å²) in [4.78, 5) is 37.7. The van der Waals surface area contributed by atoms with Gasteiger partial charge in [-0.2, -0.15) is 0 Å². The Kier molecular flexibility index (Phi) is 5.49. The Hall–Kier alpha value is -3.55. The van der Waals surface area contributed by atoms with Gasteiger partial charge in [0.15, 0.2) is 5.78 Å². The molecule has 0 spiro atoms. The van der Waals surface area contributed by atoms with Gasteiger partial charge in [0.2, 0.25) is 5.91 Å². The number of Topliss-reactive ketones (excluding diaryl/α,β-unsaturated/α-hetero) is 1. The predicted molar refractivity (Wildman–Crippen MR) is 105 cm³/mol. The molecule has 144 valence electrons. The molecule has 3 aromatic rings. The van der Waals surface area contributed by atoms with Crippen LogP contribution < -0.4 is 5.32 Å². The van der Waals surface area contributed by atoms with Crippen molar-refractivity contribution in [3.63, 3.8) is 0 Å². The quantitative estimate of drug-likeness (QED) is 0.663. The van der Waals surface area contributed by atoms with Crippen LogP contribution in [0.25, 0.3) is 11.0 Å². The molecule has 0 aliphatic carbocycles. The molecule has 2 aromatic carbocycles. The van der Waals surface area contributed by atoms with E-state index in [9.17, 15) is 14.4 Å². The minimum absolute atomic E-state index is 0.0845. The molecule has 1 N–H and O–H groups in total. The summed E-state index contributed by atoms with van der Waals surface area (Å²) < 4.78 is 1.75. The first-order valence-electron chi connectivity index (χ1n) is 8.88. The van der Waals surface area contributed by atoms with Gasteiger partial charge in [-0.1, -0.05) is 17.3 Å². The minimum Gasteiger partial charge on any atom is -0.332 e. The monoisotopic (exact) mass is 379 g/mol. The van der Waals surface area contributed by atoms with Crippen molar-refractivity contribution in [3.8, 4) is 0 Å². The van der Waals surface area contributed by atoms with Crippen LogP contribution in [0, 0.1) is 0 Å². The van der Waals surface area contributed by atoms with Crippen LogP contribution in [-0.4, -0.2) is 51.1 Å². The molecule has 3 rings (SSSR count). The molecule has 0 bridgehead atoms. The lowest BCUT2D eigenvalue weighted by molar-refractivity contribution is -0.116. The molecule has 0 aliphatic heterocycles. The number of amides is 2. The number of carbonyl (C=O) groups excluding carboxylic acids is 3. The number of nitrogens with one attached hydrogen (secondary N) is 1. The highest BCUT2D eigenvalue weighted by molar-refractivity contribution is 6.01. The van der Waals surface area contributed by atoms with Gasteiger partial charge in [-0.05, 0) is 44.2 Å². The number of ketones is 1. The van der Waals surface area contributed by atoms with E-state index in [1.165, 1.54) is 11.8 Å². The number of hydrogen-bond acceptors (Lipinski definition) is 5. The van der Waals surface area contributed by atoms with Gasteiger partial charge >= 0.3 is 0 Å². The van der Waals surface area contributed by atoms with E-state index in [4.69, 9.17) is 0 Å². The summed E-state index contributed by atoms with van der Waals surface area (Å²) in [5.74, 6) is -0.728. The third kappa shape index (κ3) is 4.06. The maximum atomic E-state index is 12.6. The molecular formula is C20H21N5O3. The summed E-state index contributed by atoms with van der Waals surface area (Å²) >= 11 is 0. The number of nitrogens with zero attached hydrogens (tertiary/aromatic N) is 4. The second kappa shape index (κ2) is 7.99. The van der Waals surface area contributed by atoms with E-state index in [1.807, 2.05) is 6.92 Å². The van der Waals surface area contributed by atoms with Crippen molar-refractivity contribution in [1.29, 1.82) is 0 Å². The number of anilines is 1.